The largest absolute Gasteiger partial charge is 0.462 e. The van der Waals surface area contributed by atoms with Crippen molar-refractivity contribution in [3.8, 4) is 0 Å². The van der Waals surface area contributed by atoms with Gasteiger partial charge in [-0.2, -0.15) is 0 Å². The summed E-state index contributed by atoms with van der Waals surface area (Å²) in [6.07, 6.45) is 52.0. The van der Waals surface area contributed by atoms with Crippen LogP contribution in [0.15, 0.2) is 36.5 Å². The van der Waals surface area contributed by atoms with Gasteiger partial charge in [-0.25, -0.2) is 0 Å². The molecule has 0 saturated heterocycles. The average molecular weight is 802 g/mol. The van der Waals surface area contributed by atoms with E-state index >= 15 is 0 Å². The molecule has 0 aliphatic rings. The topological polar surface area (TPSA) is 95.9 Å². The normalized spacial score (nSPS) is 13.6. The summed E-state index contributed by atoms with van der Waals surface area (Å²) in [5.74, 6) is -0.492. The van der Waals surface area contributed by atoms with E-state index in [1.807, 2.05) is 0 Å². The highest BCUT2D eigenvalue weighted by Crippen LogP contribution is 2.18. The Morgan fingerprint density at radius 3 is 1.33 bits per heavy atom. The number of carbonyl (C=O) groups is 2. The second kappa shape index (κ2) is 45.2. The van der Waals surface area contributed by atoms with E-state index in [1.165, 1.54) is 135 Å². The number of hydrogen-bond acceptors (Lipinski definition) is 5. The summed E-state index contributed by atoms with van der Waals surface area (Å²) in [6, 6.07) is -0.700. The first kappa shape index (κ1) is 55.1. The van der Waals surface area contributed by atoms with Crippen LogP contribution in [0.3, 0.4) is 0 Å². The van der Waals surface area contributed by atoms with E-state index in [2.05, 4.69) is 62.5 Å². The Morgan fingerprint density at radius 1 is 0.509 bits per heavy atom. The molecular formula is C51H95NO5. The monoisotopic (exact) mass is 802 g/mol. The van der Waals surface area contributed by atoms with Gasteiger partial charge in [-0.1, -0.05) is 224 Å². The van der Waals surface area contributed by atoms with E-state index in [0.29, 0.717) is 19.3 Å². The summed E-state index contributed by atoms with van der Waals surface area (Å²) in [5.41, 5.74) is 0. The maximum Gasteiger partial charge on any atom is 0.306 e. The van der Waals surface area contributed by atoms with Crippen molar-refractivity contribution in [2.45, 2.75) is 270 Å². The molecule has 0 aliphatic heterocycles. The lowest BCUT2D eigenvalue weighted by atomic mass is 10.0. The summed E-state index contributed by atoms with van der Waals surface area (Å²) in [6.45, 7) is 6.44. The Labute approximate surface area is 353 Å². The van der Waals surface area contributed by atoms with Gasteiger partial charge in [-0.05, 0) is 51.4 Å². The van der Waals surface area contributed by atoms with Crippen molar-refractivity contribution in [1.29, 1.82) is 0 Å². The Bertz CT molecular complexity index is 946. The molecule has 0 fully saturated rings. The molecule has 1 amide bonds. The fraction of sp³-hybridized carbons (Fsp3) is 0.843. The Morgan fingerprint density at radius 2 is 0.895 bits per heavy atom. The van der Waals surface area contributed by atoms with E-state index in [-0.39, 0.29) is 24.9 Å². The number of nitrogens with one attached hydrogen (secondary N) is 1. The van der Waals surface area contributed by atoms with Gasteiger partial charge >= 0.3 is 5.97 Å². The maximum atomic E-state index is 13.1. The zero-order valence-electron chi connectivity index (χ0n) is 38.0. The third-order valence-corrected chi connectivity index (χ3v) is 11.3. The molecule has 0 bridgehead atoms. The number of rotatable bonds is 44. The fourth-order valence-corrected chi connectivity index (χ4v) is 7.49. The average Bonchev–Trinajstić information content (AvgIpc) is 3.20. The zero-order chi connectivity index (χ0) is 41.7. The summed E-state index contributed by atoms with van der Waals surface area (Å²) in [5, 5.41) is 23.6. The number of ether oxygens (including phenoxy) is 1. The summed E-state index contributed by atoms with van der Waals surface area (Å²) in [7, 11) is 0. The first-order chi connectivity index (χ1) is 28.0. The van der Waals surface area contributed by atoms with Gasteiger partial charge in [0, 0.05) is 6.42 Å². The molecule has 0 rings (SSSR count). The fourth-order valence-electron chi connectivity index (χ4n) is 7.49. The van der Waals surface area contributed by atoms with E-state index in [1.54, 1.807) is 0 Å². The summed E-state index contributed by atoms with van der Waals surface area (Å²) < 4.78 is 5.90. The Kier molecular flexibility index (Phi) is 43.6. The van der Waals surface area contributed by atoms with Crippen LogP contribution in [0.25, 0.3) is 0 Å². The Hall–Kier alpha value is -1.92. The predicted octanol–water partition coefficient (Wildman–Crippen LogP) is 14.5. The van der Waals surface area contributed by atoms with Crippen LogP contribution in [0.4, 0.5) is 0 Å². The molecule has 0 aromatic carbocycles. The minimum Gasteiger partial charge on any atom is -0.462 e. The number of carbonyl (C=O) groups excluding carboxylic acids is 2. The molecule has 0 radical (unpaired) electrons. The molecule has 0 aliphatic carbocycles. The van der Waals surface area contributed by atoms with Gasteiger partial charge in [-0.3, -0.25) is 9.59 Å². The number of aliphatic hydroxyl groups excluding tert-OH is 2. The van der Waals surface area contributed by atoms with Gasteiger partial charge < -0.3 is 20.3 Å². The zero-order valence-corrected chi connectivity index (χ0v) is 38.0. The third-order valence-electron chi connectivity index (χ3n) is 11.3. The number of esters is 1. The second-order valence-electron chi connectivity index (χ2n) is 16.9. The van der Waals surface area contributed by atoms with Crippen LogP contribution in [-0.2, 0) is 14.3 Å². The second-order valence-corrected chi connectivity index (χ2v) is 16.9. The molecule has 3 atom stereocenters. The Balaban J connectivity index is 4.50. The van der Waals surface area contributed by atoms with E-state index in [9.17, 15) is 19.8 Å². The quantitative estimate of drug-likeness (QED) is 0.0324. The minimum absolute atomic E-state index is 0.0720. The number of hydrogen-bond donors (Lipinski definition) is 3. The predicted molar refractivity (Wildman–Crippen MR) is 246 cm³/mol. The molecule has 6 nitrogen and oxygen atoms in total. The highest BCUT2D eigenvalue weighted by molar-refractivity contribution is 5.77. The van der Waals surface area contributed by atoms with Crippen molar-refractivity contribution >= 4 is 11.9 Å². The minimum atomic E-state index is -0.786. The molecule has 0 aromatic heterocycles. The molecule has 3 unspecified atom stereocenters. The lowest BCUT2D eigenvalue weighted by Crippen LogP contribution is -2.46. The van der Waals surface area contributed by atoms with Crippen molar-refractivity contribution in [3.05, 3.63) is 36.5 Å². The first-order valence-corrected chi connectivity index (χ1v) is 24.7. The third kappa shape index (κ3) is 40.6. The number of aliphatic hydroxyl groups is 2. The van der Waals surface area contributed by atoms with Crippen LogP contribution in [0.1, 0.15) is 252 Å². The summed E-state index contributed by atoms with van der Waals surface area (Å²) in [4.78, 5) is 26.0. The molecule has 0 saturated carbocycles. The van der Waals surface area contributed by atoms with Crippen molar-refractivity contribution in [3.63, 3.8) is 0 Å². The van der Waals surface area contributed by atoms with Gasteiger partial charge in [0.1, 0.15) is 6.10 Å². The molecule has 334 valence electrons. The summed E-state index contributed by atoms with van der Waals surface area (Å²) >= 11 is 0. The van der Waals surface area contributed by atoms with Crippen molar-refractivity contribution < 1.29 is 24.5 Å². The van der Waals surface area contributed by atoms with Gasteiger partial charge in [0.15, 0.2) is 0 Å². The molecule has 0 heterocycles. The van der Waals surface area contributed by atoms with Crippen LogP contribution < -0.4 is 5.32 Å². The van der Waals surface area contributed by atoms with E-state index in [4.69, 9.17) is 4.74 Å². The molecule has 0 aromatic rings. The van der Waals surface area contributed by atoms with Gasteiger partial charge in [0.25, 0.3) is 0 Å². The SMILES string of the molecule is CCCCCCC/C=C/C=C/C=C/CCCCCCCC(=O)OC(CCCCCCCCCCC)CC(=O)NC(CO)C(O)CCCCCCCCCCCCC. The standard InChI is InChI=1S/C51H95NO5/c1-4-7-10-13-16-19-21-22-23-24-25-26-27-29-32-35-38-41-44-51(56)57-47(42-39-36-33-30-18-15-12-9-6-3)45-50(55)52-48(46-53)49(54)43-40-37-34-31-28-20-17-14-11-8-5-2/h21-26,47-49,53-54H,4-20,27-46H2,1-3H3,(H,52,55)/b22-21+,24-23+,26-25+. The van der Waals surface area contributed by atoms with Gasteiger partial charge in [-0.15, -0.1) is 0 Å². The number of allylic oxidation sites excluding steroid dienone is 6. The molecule has 3 N–H and O–H groups in total. The molecule has 57 heavy (non-hydrogen) atoms. The maximum absolute atomic E-state index is 13.1. The smallest absolute Gasteiger partial charge is 0.306 e. The number of unbranched alkanes of at least 4 members (excludes halogenated alkanes) is 28. The van der Waals surface area contributed by atoms with Gasteiger partial charge in [0.05, 0.1) is 25.2 Å². The van der Waals surface area contributed by atoms with Crippen LogP contribution in [-0.4, -0.2) is 46.9 Å². The van der Waals surface area contributed by atoms with Crippen LogP contribution in [0, 0.1) is 0 Å². The van der Waals surface area contributed by atoms with Crippen LogP contribution in [0.2, 0.25) is 0 Å². The van der Waals surface area contributed by atoms with Crippen LogP contribution >= 0.6 is 0 Å². The van der Waals surface area contributed by atoms with Gasteiger partial charge in [0.2, 0.25) is 5.91 Å². The van der Waals surface area contributed by atoms with Crippen LogP contribution in [0.5, 0.6) is 0 Å². The first-order valence-electron chi connectivity index (χ1n) is 24.7. The molecular weight excluding hydrogens is 707 g/mol. The van der Waals surface area contributed by atoms with Crippen molar-refractivity contribution in [1.82, 2.24) is 5.32 Å². The van der Waals surface area contributed by atoms with E-state index in [0.717, 1.165) is 70.6 Å². The highest BCUT2D eigenvalue weighted by atomic mass is 16.5. The lowest BCUT2D eigenvalue weighted by molar-refractivity contribution is -0.151. The highest BCUT2D eigenvalue weighted by Gasteiger charge is 2.24. The van der Waals surface area contributed by atoms with Crippen molar-refractivity contribution in [2.75, 3.05) is 6.61 Å². The molecule has 6 heteroatoms. The number of amides is 1. The lowest BCUT2D eigenvalue weighted by Gasteiger charge is -2.24. The van der Waals surface area contributed by atoms with E-state index < -0.39 is 18.2 Å². The van der Waals surface area contributed by atoms with Crippen molar-refractivity contribution in [2.24, 2.45) is 0 Å². The molecule has 0 spiro atoms.